The number of carbonyl (C=O) groups is 1. The molecule has 0 spiro atoms. The molecule has 6 heteroatoms. The summed E-state index contributed by atoms with van der Waals surface area (Å²) in [5.74, 6) is -0.176. The van der Waals surface area contributed by atoms with E-state index in [0.717, 1.165) is 0 Å². The first-order valence-corrected chi connectivity index (χ1v) is 4.22. The van der Waals surface area contributed by atoms with Crippen molar-refractivity contribution in [2.24, 2.45) is 0 Å². The minimum atomic E-state index is -0.241. The zero-order valence-electron chi connectivity index (χ0n) is 7.88. The van der Waals surface area contributed by atoms with Crippen LogP contribution in [0, 0.1) is 0 Å². The number of hydrogen-bond acceptors (Lipinski definition) is 5. The van der Waals surface area contributed by atoms with E-state index in [1.807, 2.05) is 0 Å². The van der Waals surface area contributed by atoms with Gasteiger partial charge in [0, 0.05) is 6.20 Å². The molecule has 0 aliphatic rings. The van der Waals surface area contributed by atoms with Crippen molar-refractivity contribution in [2.45, 2.75) is 19.8 Å². The summed E-state index contributed by atoms with van der Waals surface area (Å²) < 4.78 is 1.53. The van der Waals surface area contributed by atoms with Crippen molar-refractivity contribution in [2.75, 3.05) is 0 Å². The second kappa shape index (κ2) is 3.13. The maximum Gasteiger partial charge on any atom is 0.197 e. The third-order valence-corrected chi connectivity index (χ3v) is 2.19. The van der Waals surface area contributed by atoms with Crippen LogP contribution in [0.25, 0.3) is 5.65 Å². The highest BCUT2D eigenvalue weighted by atomic mass is 16.1. The van der Waals surface area contributed by atoms with Gasteiger partial charge in [0.25, 0.3) is 0 Å². The van der Waals surface area contributed by atoms with E-state index >= 15 is 0 Å². The fourth-order valence-corrected chi connectivity index (χ4v) is 1.20. The first-order chi connectivity index (χ1) is 6.70. The van der Waals surface area contributed by atoms with E-state index in [-0.39, 0.29) is 11.7 Å². The predicted molar refractivity (Wildman–Crippen MR) is 47.7 cm³/mol. The SMILES string of the molecule is CC(=O)C(C)c1cncc2nnnn12. The van der Waals surface area contributed by atoms with Gasteiger partial charge in [0.05, 0.1) is 17.8 Å². The zero-order valence-corrected chi connectivity index (χ0v) is 7.88. The Morgan fingerprint density at radius 2 is 2.29 bits per heavy atom. The number of tetrazole rings is 1. The summed E-state index contributed by atoms with van der Waals surface area (Å²) >= 11 is 0. The quantitative estimate of drug-likeness (QED) is 0.678. The maximum atomic E-state index is 11.2. The van der Waals surface area contributed by atoms with Crippen molar-refractivity contribution in [3.63, 3.8) is 0 Å². The molecule has 2 aromatic heterocycles. The average molecular weight is 191 g/mol. The van der Waals surface area contributed by atoms with Gasteiger partial charge in [-0.05, 0) is 24.3 Å². The number of hydrogen-bond donors (Lipinski definition) is 0. The first kappa shape index (κ1) is 8.74. The predicted octanol–water partition coefficient (Wildman–Crippen LogP) is 0.212. The summed E-state index contributed by atoms with van der Waals surface area (Å²) in [6, 6.07) is 0. The Labute approximate surface area is 80.0 Å². The topological polar surface area (TPSA) is 73.0 Å². The van der Waals surface area contributed by atoms with Crippen LogP contribution in [0.4, 0.5) is 0 Å². The van der Waals surface area contributed by atoms with Crippen LogP contribution in [0.3, 0.4) is 0 Å². The highest BCUT2D eigenvalue weighted by Gasteiger charge is 2.15. The Morgan fingerprint density at radius 3 is 3.00 bits per heavy atom. The largest absolute Gasteiger partial charge is 0.299 e. The van der Waals surface area contributed by atoms with Gasteiger partial charge in [-0.15, -0.1) is 5.10 Å². The molecule has 6 nitrogen and oxygen atoms in total. The highest BCUT2D eigenvalue weighted by Crippen LogP contribution is 2.14. The molecule has 0 fully saturated rings. The molecule has 1 atom stereocenters. The van der Waals surface area contributed by atoms with E-state index in [4.69, 9.17) is 0 Å². The van der Waals surface area contributed by atoms with E-state index in [1.54, 1.807) is 19.3 Å². The Hall–Kier alpha value is -1.85. The summed E-state index contributed by atoms with van der Waals surface area (Å²) in [6.07, 6.45) is 3.16. The van der Waals surface area contributed by atoms with Gasteiger partial charge in [0.1, 0.15) is 5.78 Å². The van der Waals surface area contributed by atoms with E-state index in [9.17, 15) is 4.79 Å². The van der Waals surface area contributed by atoms with Gasteiger partial charge in [-0.1, -0.05) is 0 Å². The summed E-state index contributed by atoms with van der Waals surface area (Å²) in [7, 11) is 0. The fraction of sp³-hybridized carbons (Fsp3) is 0.375. The number of carbonyl (C=O) groups excluding carboxylic acids is 1. The molecule has 0 amide bonds. The van der Waals surface area contributed by atoms with Crippen LogP contribution in [0.2, 0.25) is 0 Å². The lowest BCUT2D eigenvalue weighted by Crippen LogP contribution is -2.10. The van der Waals surface area contributed by atoms with Gasteiger partial charge in [-0.3, -0.25) is 9.78 Å². The van der Waals surface area contributed by atoms with Crippen LogP contribution in [-0.2, 0) is 4.79 Å². The number of aromatic nitrogens is 5. The summed E-state index contributed by atoms with van der Waals surface area (Å²) in [5.41, 5.74) is 1.26. The molecule has 0 radical (unpaired) electrons. The van der Waals surface area contributed by atoms with Crippen molar-refractivity contribution < 1.29 is 4.79 Å². The Morgan fingerprint density at radius 1 is 1.50 bits per heavy atom. The van der Waals surface area contributed by atoms with Crippen LogP contribution in [0.15, 0.2) is 12.4 Å². The molecule has 14 heavy (non-hydrogen) atoms. The van der Waals surface area contributed by atoms with Gasteiger partial charge in [-0.2, -0.15) is 4.52 Å². The molecule has 1 unspecified atom stereocenters. The summed E-state index contributed by atoms with van der Waals surface area (Å²) in [5, 5.41) is 11.0. The molecule has 2 heterocycles. The lowest BCUT2D eigenvalue weighted by atomic mass is 10.0. The monoisotopic (exact) mass is 191 g/mol. The average Bonchev–Trinajstić information content (AvgIpc) is 2.63. The van der Waals surface area contributed by atoms with Crippen LogP contribution in [0.1, 0.15) is 25.5 Å². The Kier molecular flexibility index (Phi) is 1.95. The van der Waals surface area contributed by atoms with E-state index in [1.165, 1.54) is 11.4 Å². The van der Waals surface area contributed by atoms with Crippen molar-refractivity contribution in [3.05, 3.63) is 18.1 Å². The lowest BCUT2D eigenvalue weighted by molar-refractivity contribution is -0.118. The van der Waals surface area contributed by atoms with E-state index in [0.29, 0.717) is 11.3 Å². The standard InChI is InChI=1S/C8H9N5O/c1-5(6(2)14)7-3-9-4-8-10-11-12-13(7)8/h3-5H,1-2H3. The minimum absolute atomic E-state index is 0.0646. The molecule has 0 N–H and O–H groups in total. The molecule has 0 saturated carbocycles. The number of Topliss-reactive ketones (excluding diaryl/α,β-unsaturated/α-hetero) is 1. The number of fused-ring (bicyclic) bond motifs is 1. The smallest absolute Gasteiger partial charge is 0.197 e. The normalized spacial score (nSPS) is 13.0. The van der Waals surface area contributed by atoms with E-state index < -0.39 is 0 Å². The van der Waals surface area contributed by atoms with Crippen LogP contribution < -0.4 is 0 Å². The second-order valence-electron chi connectivity index (χ2n) is 3.11. The third-order valence-electron chi connectivity index (χ3n) is 2.19. The molecule has 2 aromatic rings. The maximum absolute atomic E-state index is 11.2. The summed E-state index contributed by atoms with van der Waals surface area (Å²) in [6.45, 7) is 3.34. The van der Waals surface area contributed by atoms with Crippen LogP contribution in [0.5, 0.6) is 0 Å². The van der Waals surface area contributed by atoms with Gasteiger partial charge in [0.15, 0.2) is 5.65 Å². The fourth-order valence-electron chi connectivity index (χ4n) is 1.20. The molecule has 2 rings (SSSR count). The third kappa shape index (κ3) is 1.24. The van der Waals surface area contributed by atoms with Gasteiger partial charge >= 0.3 is 0 Å². The molecular weight excluding hydrogens is 182 g/mol. The zero-order chi connectivity index (χ0) is 10.1. The van der Waals surface area contributed by atoms with Crippen molar-refractivity contribution >= 4 is 11.4 Å². The molecule has 0 aromatic carbocycles. The van der Waals surface area contributed by atoms with Gasteiger partial charge in [-0.25, -0.2) is 0 Å². The van der Waals surface area contributed by atoms with Gasteiger partial charge in [0.2, 0.25) is 0 Å². The molecule has 0 bridgehead atoms. The molecule has 0 aliphatic carbocycles. The Balaban J connectivity index is 2.61. The van der Waals surface area contributed by atoms with Crippen molar-refractivity contribution in [1.29, 1.82) is 0 Å². The number of nitrogens with zero attached hydrogens (tertiary/aromatic N) is 5. The number of rotatable bonds is 2. The van der Waals surface area contributed by atoms with E-state index in [2.05, 4.69) is 20.5 Å². The van der Waals surface area contributed by atoms with Crippen molar-refractivity contribution in [3.8, 4) is 0 Å². The molecular formula is C8H9N5O. The van der Waals surface area contributed by atoms with Crippen LogP contribution >= 0.6 is 0 Å². The first-order valence-electron chi connectivity index (χ1n) is 4.22. The van der Waals surface area contributed by atoms with Crippen molar-refractivity contribution in [1.82, 2.24) is 25.0 Å². The summed E-state index contributed by atoms with van der Waals surface area (Å²) in [4.78, 5) is 15.2. The molecule has 72 valence electrons. The van der Waals surface area contributed by atoms with Crippen LogP contribution in [-0.4, -0.2) is 30.8 Å². The number of ketones is 1. The molecule has 0 saturated heterocycles. The molecule has 0 aliphatic heterocycles. The highest BCUT2D eigenvalue weighted by molar-refractivity contribution is 5.82. The lowest BCUT2D eigenvalue weighted by Gasteiger charge is -2.07. The second-order valence-corrected chi connectivity index (χ2v) is 3.11. The minimum Gasteiger partial charge on any atom is -0.299 e. The Bertz CT molecular complexity index is 477. The van der Waals surface area contributed by atoms with Gasteiger partial charge < -0.3 is 0 Å².